The molecule has 20 aromatic rings. The third-order valence-corrected chi connectivity index (χ3v) is 20.2. The molecule has 0 aliphatic rings. The SMILES string of the molecule is c1ccc(-c2cc(-c3ccc(-c4ccc(-c5ccc6ccc7ccc(-c8ccccc8)nc7c6n5)c5ccccc45)cc3)nc(-c3ccccc3)n2)cc1.c1ccc(-c2cc(-c3ccc(-c4ccc(-c5ccc6ccc7ccc(-c8ccccc8)nc7c6n5)cc4)c4ccccc34)nc(-c3ccccc3)n2)cc1. The van der Waals surface area contributed by atoms with Gasteiger partial charge in [0.05, 0.1) is 67.6 Å². The molecule has 6 heterocycles. The minimum Gasteiger partial charge on any atom is -0.245 e. The second-order valence-corrected chi connectivity index (χ2v) is 26.9. The van der Waals surface area contributed by atoms with Crippen LogP contribution in [0.15, 0.2) is 388 Å². The quantitative estimate of drug-likeness (QED) is 0.111. The monoisotopic (exact) mass is 1380 g/mol. The molecular weight excluding hydrogens is 1310 g/mol. The largest absolute Gasteiger partial charge is 0.245 e. The van der Waals surface area contributed by atoms with Crippen LogP contribution >= 0.6 is 0 Å². The van der Waals surface area contributed by atoms with Crippen LogP contribution in [0.5, 0.6) is 0 Å². The first-order valence-corrected chi connectivity index (χ1v) is 36.3. The summed E-state index contributed by atoms with van der Waals surface area (Å²) in [6, 6.07) is 135. The van der Waals surface area contributed by atoms with Crippen LogP contribution in [0.3, 0.4) is 0 Å². The molecule has 0 saturated carbocycles. The fourth-order valence-corrected chi connectivity index (χ4v) is 14.7. The van der Waals surface area contributed by atoms with Gasteiger partial charge >= 0.3 is 0 Å². The van der Waals surface area contributed by atoms with Crippen LogP contribution in [0.2, 0.25) is 0 Å². The van der Waals surface area contributed by atoms with Crippen molar-refractivity contribution in [3.63, 3.8) is 0 Å². The summed E-state index contributed by atoms with van der Waals surface area (Å²) in [5, 5.41) is 8.92. The fraction of sp³-hybridized carbons (Fsp3) is 0. The number of rotatable bonds is 12. The molecule has 0 aliphatic carbocycles. The second-order valence-electron chi connectivity index (χ2n) is 26.9. The zero-order valence-electron chi connectivity index (χ0n) is 58.5. The van der Waals surface area contributed by atoms with E-state index in [-0.39, 0.29) is 0 Å². The van der Waals surface area contributed by atoms with Gasteiger partial charge in [-0.2, -0.15) is 0 Å². The smallest absolute Gasteiger partial charge is 0.160 e. The summed E-state index contributed by atoms with van der Waals surface area (Å²) >= 11 is 0. The minimum absolute atomic E-state index is 0.707. The van der Waals surface area contributed by atoms with E-state index in [1.165, 1.54) is 16.3 Å². The van der Waals surface area contributed by atoms with Crippen molar-refractivity contribution in [3.8, 4) is 135 Å². The van der Waals surface area contributed by atoms with Gasteiger partial charge in [-0.15, -0.1) is 0 Å². The Bertz CT molecular complexity index is 6630. The van der Waals surface area contributed by atoms with Gasteiger partial charge in [0.15, 0.2) is 11.6 Å². The van der Waals surface area contributed by atoms with Crippen LogP contribution in [-0.2, 0) is 0 Å². The Kier molecular flexibility index (Phi) is 16.8. The Morgan fingerprint density at radius 3 is 0.704 bits per heavy atom. The summed E-state index contributed by atoms with van der Waals surface area (Å²) in [5.74, 6) is 1.42. The summed E-state index contributed by atoms with van der Waals surface area (Å²) < 4.78 is 0. The van der Waals surface area contributed by atoms with Gasteiger partial charge in [0.2, 0.25) is 0 Å². The van der Waals surface area contributed by atoms with E-state index >= 15 is 0 Å². The van der Waals surface area contributed by atoms with Gasteiger partial charge < -0.3 is 0 Å². The highest BCUT2D eigenvalue weighted by Crippen LogP contribution is 2.41. The number of benzene rings is 14. The molecule has 0 N–H and O–H groups in total. The number of hydrogen-bond donors (Lipinski definition) is 0. The van der Waals surface area contributed by atoms with E-state index in [4.69, 9.17) is 39.9 Å². The van der Waals surface area contributed by atoms with Gasteiger partial charge in [0.1, 0.15) is 0 Å². The first-order chi connectivity index (χ1) is 53.5. The normalized spacial score (nSPS) is 11.3. The van der Waals surface area contributed by atoms with Crippen molar-refractivity contribution in [2.45, 2.75) is 0 Å². The number of nitrogens with zero attached hydrogens (tertiary/aromatic N) is 8. The molecule has 0 spiro atoms. The van der Waals surface area contributed by atoms with Crippen LogP contribution in [0, 0.1) is 0 Å². The Morgan fingerprint density at radius 1 is 0.130 bits per heavy atom. The van der Waals surface area contributed by atoms with Gasteiger partial charge in [-0.3, -0.25) is 0 Å². The van der Waals surface area contributed by atoms with Crippen molar-refractivity contribution in [1.29, 1.82) is 0 Å². The molecule has 0 radical (unpaired) electrons. The fourth-order valence-electron chi connectivity index (χ4n) is 14.7. The van der Waals surface area contributed by atoms with Crippen LogP contribution in [-0.4, -0.2) is 39.9 Å². The van der Waals surface area contributed by atoms with Crippen LogP contribution in [0.1, 0.15) is 0 Å². The topological polar surface area (TPSA) is 103 Å². The van der Waals surface area contributed by atoms with Gasteiger partial charge in [0.25, 0.3) is 0 Å². The highest BCUT2D eigenvalue weighted by atomic mass is 14.9. The summed E-state index contributed by atoms with van der Waals surface area (Å²) in [6.45, 7) is 0. The van der Waals surface area contributed by atoms with Gasteiger partial charge in [-0.25, -0.2) is 39.9 Å². The Morgan fingerprint density at radius 2 is 0.352 bits per heavy atom. The molecular formula is C100H64N8. The van der Waals surface area contributed by atoms with Crippen molar-refractivity contribution in [3.05, 3.63) is 388 Å². The zero-order valence-corrected chi connectivity index (χ0v) is 58.5. The third-order valence-electron chi connectivity index (χ3n) is 20.2. The van der Waals surface area contributed by atoms with E-state index in [1.54, 1.807) is 0 Å². The molecule has 504 valence electrons. The van der Waals surface area contributed by atoms with E-state index in [0.29, 0.717) is 11.6 Å². The maximum Gasteiger partial charge on any atom is 0.160 e. The first-order valence-electron chi connectivity index (χ1n) is 36.3. The molecule has 0 unspecified atom stereocenters. The second kappa shape index (κ2) is 28.2. The van der Waals surface area contributed by atoms with Crippen molar-refractivity contribution in [2.24, 2.45) is 0 Å². The predicted molar refractivity (Wildman–Crippen MR) is 446 cm³/mol. The van der Waals surface area contributed by atoms with Gasteiger partial charge in [0, 0.05) is 77.2 Å². The number of pyridine rings is 4. The maximum absolute atomic E-state index is 5.29. The van der Waals surface area contributed by atoms with E-state index < -0.39 is 0 Å². The molecule has 0 atom stereocenters. The number of hydrogen-bond acceptors (Lipinski definition) is 8. The molecule has 0 aliphatic heterocycles. The third kappa shape index (κ3) is 12.6. The average molecular weight is 1380 g/mol. The molecule has 8 heteroatoms. The lowest BCUT2D eigenvalue weighted by Crippen LogP contribution is -1.96. The molecule has 0 amide bonds. The number of aromatic nitrogens is 8. The van der Waals surface area contributed by atoms with Crippen molar-refractivity contribution < 1.29 is 0 Å². The highest BCUT2D eigenvalue weighted by Gasteiger charge is 2.19. The molecule has 14 aromatic carbocycles. The summed E-state index contributed by atoms with van der Waals surface area (Å²) in [4.78, 5) is 40.8. The molecule has 108 heavy (non-hydrogen) atoms. The Labute approximate surface area is 624 Å². The van der Waals surface area contributed by atoms with Crippen molar-refractivity contribution in [2.75, 3.05) is 0 Å². The molecule has 6 aromatic heterocycles. The zero-order chi connectivity index (χ0) is 71.7. The predicted octanol–water partition coefficient (Wildman–Crippen LogP) is 25.5. The molecule has 8 nitrogen and oxygen atoms in total. The molecule has 0 fully saturated rings. The van der Waals surface area contributed by atoms with E-state index in [1.807, 2.05) is 109 Å². The standard InChI is InChI=1S/2C50H32N4/c1-4-12-34(13-5-1)44-30-26-37-24-25-38-27-31-45(52-49(38)48(37)51-44)43-29-28-40(41-18-10-11-19-42(41)43)33-20-22-36(23-21-33)47-32-46(35-14-6-2-7-15-35)53-50(54-47)39-16-8-3-9-17-39;1-4-12-34(13-5-1)44-30-26-37-24-25-38-27-31-45(52-49(38)48(37)51-44)36-22-20-33(21-23-36)40-28-29-43(42-19-11-10-18-41(40)42)47-32-46(35-14-6-2-7-15-35)53-50(54-47)39-16-8-3-9-17-39/h2*1-32H. The number of fused-ring (bicyclic) bond motifs is 8. The maximum atomic E-state index is 5.29. The minimum atomic E-state index is 0.707. The van der Waals surface area contributed by atoms with E-state index in [0.717, 1.165) is 172 Å². The van der Waals surface area contributed by atoms with Crippen molar-refractivity contribution in [1.82, 2.24) is 39.9 Å². The first kappa shape index (κ1) is 64.3. The lowest BCUT2D eigenvalue weighted by molar-refractivity contribution is 1.18. The van der Waals surface area contributed by atoms with Crippen molar-refractivity contribution >= 4 is 65.2 Å². The van der Waals surface area contributed by atoms with Gasteiger partial charge in [-0.1, -0.05) is 352 Å². The van der Waals surface area contributed by atoms with E-state index in [2.05, 4.69) is 279 Å². The van der Waals surface area contributed by atoms with Crippen LogP contribution < -0.4 is 0 Å². The summed E-state index contributed by atoms with van der Waals surface area (Å²) in [7, 11) is 0. The lowest BCUT2D eigenvalue weighted by atomic mass is 9.92. The van der Waals surface area contributed by atoms with Crippen LogP contribution in [0.25, 0.3) is 200 Å². The summed E-state index contributed by atoms with van der Waals surface area (Å²) in [6.07, 6.45) is 0. The average Bonchev–Trinajstić information content (AvgIpc) is 0.766. The van der Waals surface area contributed by atoms with Crippen LogP contribution in [0.4, 0.5) is 0 Å². The highest BCUT2D eigenvalue weighted by molar-refractivity contribution is 6.09. The van der Waals surface area contributed by atoms with E-state index in [9.17, 15) is 0 Å². The Hall–Kier alpha value is -14.6. The van der Waals surface area contributed by atoms with Gasteiger partial charge in [-0.05, 0) is 80.2 Å². The molecule has 0 saturated heterocycles. The summed E-state index contributed by atoms with van der Waals surface area (Å²) in [5.41, 5.74) is 26.0. The molecule has 0 bridgehead atoms. The molecule has 20 rings (SSSR count). The lowest BCUT2D eigenvalue weighted by Gasteiger charge is -2.14. The Balaban J connectivity index is 0.000000147.